The summed E-state index contributed by atoms with van der Waals surface area (Å²) >= 11 is 0. The Morgan fingerprint density at radius 2 is 2.14 bits per heavy atom. The van der Waals surface area contributed by atoms with Crippen molar-refractivity contribution < 1.29 is 9.53 Å². The van der Waals surface area contributed by atoms with Crippen LogP contribution >= 0.6 is 0 Å². The Morgan fingerprint density at radius 1 is 1.33 bits per heavy atom. The summed E-state index contributed by atoms with van der Waals surface area (Å²) < 4.78 is 5.44. The van der Waals surface area contributed by atoms with Gasteiger partial charge in [-0.3, -0.25) is 4.90 Å². The van der Waals surface area contributed by atoms with Crippen LogP contribution < -0.4 is 0 Å². The SMILES string of the molecule is CC(C)(C)OC(=O)N1Cc2cccc(-c3cn[nH]n3)c2C1. The first kappa shape index (κ1) is 13.6. The average molecular weight is 286 g/mol. The molecule has 0 spiro atoms. The molecule has 0 saturated heterocycles. The number of fused-ring (bicyclic) bond motifs is 1. The molecule has 0 saturated carbocycles. The second kappa shape index (κ2) is 4.87. The molecule has 6 heteroatoms. The number of aromatic amines is 1. The van der Waals surface area contributed by atoms with Gasteiger partial charge in [-0.25, -0.2) is 4.79 Å². The number of rotatable bonds is 1. The van der Waals surface area contributed by atoms with E-state index in [1.54, 1.807) is 11.1 Å². The Morgan fingerprint density at radius 3 is 2.81 bits per heavy atom. The molecule has 2 heterocycles. The molecule has 1 aliphatic heterocycles. The first-order chi connectivity index (χ1) is 9.94. The van der Waals surface area contributed by atoms with Gasteiger partial charge in [0.25, 0.3) is 0 Å². The first-order valence-corrected chi connectivity index (χ1v) is 6.89. The molecule has 1 N–H and O–H groups in total. The van der Waals surface area contributed by atoms with Crippen molar-refractivity contribution in [1.29, 1.82) is 0 Å². The molecule has 110 valence electrons. The molecule has 1 amide bonds. The van der Waals surface area contributed by atoms with Crippen LogP contribution in [0.2, 0.25) is 0 Å². The third kappa shape index (κ3) is 2.74. The second-order valence-electron chi connectivity index (χ2n) is 6.13. The number of H-pyrrole nitrogens is 1. The Bertz CT molecular complexity index is 659. The molecular weight excluding hydrogens is 268 g/mol. The van der Waals surface area contributed by atoms with E-state index in [1.807, 2.05) is 39.0 Å². The monoisotopic (exact) mass is 286 g/mol. The van der Waals surface area contributed by atoms with Crippen molar-refractivity contribution in [2.24, 2.45) is 0 Å². The number of nitrogens with one attached hydrogen (secondary N) is 1. The lowest BCUT2D eigenvalue weighted by Crippen LogP contribution is -2.33. The highest BCUT2D eigenvalue weighted by molar-refractivity contribution is 5.72. The number of nitrogens with zero attached hydrogens (tertiary/aromatic N) is 3. The minimum Gasteiger partial charge on any atom is -0.444 e. The molecule has 0 unspecified atom stereocenters. The standard InChI is InChI=1S/C15H18N4O2/c1-15(2,3)21-14(20)19-8-10-5-4-6-11(12(10)9-19)13-7-16-18-17-13/h4-7H,8-9H2,1-3H3,(H,16,17,18). The van der Waals surface area contributed by atoms with Gasteiger partial charge < -0.3 is 4.74 Å². The molecule has 6 nitrogen and oxygen atoms in total. The molecular formula is C15H18N4O2. The molecule has 0 bridgehead atoms. The van der Waals surface area contributed by atoms with Gasteiger partial charge in [0.1, 0.15) is 11.3 Å². The third-order valence-electron chi connectivity index (χ3n) is 3.33. The van der Waals surface area contributed by atoms with Gasteiger partial charge in [-0.15, -0.1) is 0 Å². The van der Waals surface area contributed by atoms with Crippen molar-refractivity contribution in [2.75, 3.05) is 0 Å². The highest BCUT2D eigenvalue weighted by Gasteiger charge is 2.29. The van der Waals surface area contributed by atoms with Crippen molar-refractivity contribution in [3.05, 3.63) is 35.5 Å². The molecule has 0 radical (unpaired) electrons. The Kier molecular flexibility index (Phi) is 3.16. The van der Waals surface area contributed by atoms with E-state index in [0.717, 1.165) is 22.4 Å². The lowest BCUT2D eigenvalue weighted by molar-refractivity contribution is 0.0242. The first-order valence-electron chi connectivity index (χ1n) is 6.89. The highest BCUT2D eigenvalue weighted by atomic mass is 16.6. The van der Waals surface area contributed by atoms with Crippen LogP contribution in [0, 0.1) is 0 Å². The van der Waals surface area contributed by atoms with Crippen molar-refractivity contribution in [1.82, 2.24) is 20.3 Å². The molecule has 1 aromatic heterocycles. The summed E-state index contributed by atoms with van der Waals surface area (Å²) in [5.74, 6) is 0. The van der Waals surface area contributed by atoms with Gasteiger partial charge in [-0.05, 0) is 31.9 Å². The van der Waals surface area contributed by atoms with Crippen LogP contribution in [0.4, 0.5) is 4.79 Å². The van der Waals surface area contributed by atoms with Crippen LogP contribution in [0.1, 0.15) is 31.9 Å². The van der Waals surface area contributed by atoms with Crippen LogP contribution in [0.3, 0.4) is 0 Å². The maximum atomic E-state index is 12.2. The van der Waals surface area contributed by atoms with Crippen molar-refractivity contribution in [3.63, 3.8) is 0 Å². The summed E-state index contributed by atoms with van der Waals surface area (Å²) in [5.41, 5.74) is 3.55. The summed E-state index contributed by atoms with van der Waals surface area (Å²) in [4.78, 5) is 13.9. The second-order valence-corrected chi connectivity index (χ2v) is 6.13. The Balaban J connectivity index is 1.85. The molecule has 2 aromatic rings. The van der Waals surface area contributed by atoms with Crippen molar-refractivity contribution in [2.45, 2.75) is 39.5 Å². The number of hydrogen-bond donors (Lipinski definition) is 1. The maximum absolute atomic E-state index is 12.2. The number of amides is 1. The topological polar surface area (TPSA) is 71.1 Å². The predicted octanol–water partition coefficient (Wildman–Crippen LogP) is 2.72. The van der Waals surface area contributed by atoms with Crippen molar-refractivity contribution in [3.8, 4) is 11.3 Å². The lowest BCUT2D eigenvalue weighted by atomic mass is 10.0. The van der Waals surface area contributed by atoms with Crippen LogP contribution in [0.5, 0.6) is 0 Å². The van der Waals surface area contributed by atoms with E-state index in [2.05, 4.69) is 15.4 Å². The Labute approximate surface area is 123 Å². The predicted molar refractivity (Wildman–Crippen MR) is 77.3 cm³/mol. The molecule has 0 fully saturated rings. The molecule has 21 heavy (non-hydrogen) atoms. The van der Waals surface area contributed by atoms with E-state index in [1.165, 1.54) is 0 Å². The highest BCUT2D eigenvalue weighted by Crippen LogP contribution is 2.32. The number of aromatic nitrogens is 3. The van der Waals surface area contributed by atoms with Gasteiger partial charge in [0.2, 0.25) is 0 Å². The summed E-state index contributed by atoms with van der Waals surface area (Å²) in [7, 11) is 0. The van der Waals surface area contributed by atoms with E-state index in [-0.39, 0.29) is 6.09 Å². The van der Waals surface area contributed by atoms with E-state index in [4.69, 9.17) is 4.74 Å². The fourth-order valence-electron chi connectivity index (χ4n) is 2.45. The van der Waals surface area contributed by atoms with Gasteiger partial charge in [-0.2, -0.15) is 15.4 Å². The van der Waals surface area contributed by atoms with Gasteiger partial charge in [0.05, 0.1) is 12.7 Å². The van der Waals surface area contributed by atoms with Crippen LogP contribution in [0.25, 0.3) is 11.3 Å². The number of benzene rings is 1. The zero-order valence-electron chi connectivity index (χ0n) is 12.4. The van der Waals surface area contributed by atoms with E-state index >= 15 is 0 Å². The van der Waals surface area contributed by atoms with Gasteiger partial charge >= 0.3 is 6.09 Å². The van der Waals surface area contributed by atoms with Gasteiger partial charge in [-0.1, -0.05) is 18.2 Å². The average Bonchev–Trinajstić information content (AvgIpc) is 3.05. The normalized spacial score (nSPS) is 14.1. The number of ether oxygens (including phenoxy) is 1. The smallest absolute Gasteiger partial charge is 0.410 e. The van der Waals surface area contributed by atoms with E-state index in [0.29, 0.717) is 13.1 Å². The van der Waals surface area contributed by atoms with Crippen LogP contribution in [0.15, 0.2) is 24.4 Å². The lowest BCUT2D eigenvalue weighted by Gasteiger charge is -2.24. The summed E-state index contributed by atoms with van der Waals surface area (Å²) in [6, 6.07) is 6.00. The minimum absolute atomic E-state index is 0.287. The van der Waals surface area contributed by atoms with Crippen molar-refractivity contribution >= 4 is 6.09 Å². The number of hydrogen-bond acceptors (Lipinski definition) is 4. The molecule has 0 aliphatic carbocycles. The van der Waals surface area contributed by atoms with Gasteiger partial charge in [0, 0.05) is 12.1 Å². The van der Waals surface area contributed by atoms with Crippen LogP contribution in [-0.2, 0) is 17.8 Å². The van der Waals surface area contributed by atoms with E-state index < -0.39 is 5.60 Å². The molecule has 1 aromatic carbocycles. The van der Waals surface area contributed by atoms with E-state index in [9.17, 15) is 4.79 Å². The largest absolute Gasteiger partial charge is 0.444 e. The minimum atomic E-state index is -0.485. The number of carbonyl (C=O) groups excluding carboxylic acids is 1. The summed E-state index contributed by atoms with van der Waals surface area (Å²) in [5, 5.41) is 10.6. The summed E-state index contributed by atoms with van der Waals surface area (Å²) in [6.45, 7) is 6.71. The third-order valence-corrected chi connectivity index (χ3v) is 3.33. The quantitative estimate of drug-likeness (QED) is 0.875. The number of carbonyl (C=O) groups is 1. The summed E-state index contributed by atoms with van der Waals surface area (Å²) in [6.07, 6.45) is 1.40. The van der Waals surface area contributed by atoms with Gasteiger partial charge in [0.15, 0.2) is 0 Å². The van der Waals surface area contributed by atoms with Crippen LogP contribution in [-0.4, -0.2) is 32.0 Å². The fourth-order valence-corrected chi connectivity index (χ4v) is 2.45. The fraction of sp³-hybridized carbons (Fsp3) is 0.400. The molecule has 0 atom stereocenters. The Hall–Kier alpha value is -2.37. The maximum Gasteiger partial charge on any atom is 0.410 e. The molecule has 1 aliphatic rings. The zero-order chi connectivity index (χ0) is 15.0. The molecule has 3 rings (SSSR count). The zero-order valence-corrected chi connectivity index (χ0v) is 12.4.